The van der Waals surface area contributed by atoms with Gasteiger partial charge in [-0.2, -0.15) is 18.3 Å². The summed E-state index contributed by atoms with van der Waals surface area (Å²) in [7, 11) is 3.22. The van der Waals surface area contributed by atoms with Gasteiger partial charge in [-0.05, 0) is 25.1 Å². The maximum absolute atomic E-state index is 14.8. The first-order valence-corrected chi connectivity index (χ1v) is 9.87. The molecular weight excluding hydrogens is 438 g/mol. The summed E-state index contributed by atoms with van der Waals surface area (Å²) in [6, 6.07) is 11.6. The van der Waals surface area contributed by atoms with Gasteiger partial charge in [-0.1, -0.05) is 30.3 Å². The van der Waals surface area contributed by atoms with Gasteiger partial charge in [0.15, 0.2) is 0 Å². The predicted octanol–water partition coefficient (Wildman–Crippen LogP) is 5.21. The van der Waals surface area contributed by atoms with Gasteiger partial charge in [0.2, 0.25) is 0 Å². The van der Waals surface area contributed by atoms with Crippen molar-refractivity contribution in [1.82, 2.24) is 19.3 Å². The van der Waals surface area contributed by atoms with Gasteiger partial charge >= 0.3 is 6.18 Å². The quantitative estimate of drug-likeness (QED) is 0.428. The number of carbonyl (C=O) groups is 1. The summed E-state index contributed by atoms with van der Waals surface area (Å²) in [6.07, 6.45) is -3.37. The van der Waals surface area contributed by atoms with Gasteiger partial charge in [0.05, 0.1) is 16.8 Å². The van der Waals surface area contributed by atoms with Gasteiger partial charge in [0, 0.05) is 31.4 Å². The molecule has 33 heavy (non-hydrogen) atoms. The largest absolute Gasteiger partial charge is 0.417 e. The SMILES string of the molecule is Cc1nc(-c2ccccc2)c(NC(=O)c2cc(-c3ccn(C)n3)c(C(F)(F)F)cc2F)n1C. The Kier molecular flexibility index (Phi) is 5.52. The highest BCUT2D eigenvalue weighted by molar-refractivity contribution is 6.06. The molecule has 0 spiro atoms. The van der Waals surface area contributed by atoms with Gasteiger partial charge < -0.3 is 9.88 Å². The zero-order valence-corrected chi connectivity index (χ0v) is 17.9. The van der Waals surface area contributed by atoms with Crippen molar-refractivity contribution in [3.8, 4) is 22.5 Å². The Morgan fingerprint density at radius 2 is 1.76 bits per heavy atom. The van der Waals surface area contributed by atoms with E-state index in [1.165, 1.54) is 16.9 Å². The first-order valence-electron chi connectivity index (χ1n) is 9.87. The van der Waals surface area contributed by atoms with E-state index in [4.69, 9.17) is 0 Å². The molecule has 0 bridgehead atoms. The summed E-state index contributed by atoms with van der Waals surface area (Å²) in [5.74, 6) is -1.31. The molecular formula is C23H19F4N5O. The highest BCUT2D eigenvalue weighted by Crippen LogP contribution is 2.38. The molecule has 0 saturated carbocycles. The smallest absolute Gasteiger partial charge is 0.318 e. The standard InChI is InChI=1S/C23H19F4N5O/c1-13-28-20(14-7-5-4-6-8-14)21(32(13)3)29-22(33)16-11-15(19-9-10-31(2)30-19)17(12-18(16)24)23(25,26)27/h4-12H,1-3H3,(H,29,33). The molecule has 1 N–H and O–H groups in total. The number of imidazole rings is 1. The topological polar surface area (TPSA) is 64.7 Å². The van der Waals surface area contributed by atoms with Crippen molar-refractivity contribution in [2.45, 2.75) is 13.1 Å². The van der Waals surface area contributed by atoms with Crippen LogP contribution in [0.15, 0.2) is 54.7 Å². The Balaban J connectivity index is 1.79. The second-order valence-corrected chi connectivity index (χ2v) is 7.49. The number of aromatic nitrogens is 4. The van der Waals surface area contributed by atoms with E-state index >= 15 is 0 Å². The molecule has 0 saturated heterocycles. The number of amides is 1. The molecule has 0 fully saturated rings. The number of rotatable bonds is 4. The second-order valence-electron chi connectivity index (χ2n) is 7.49. The normalized spacial score (nSPS) is 11.6. The Morgan fingerprint density at radius 3 is 2.36 bits per heavy atom. The van der Waals surface area contributed by atoms with E-state index in [1.807, 2.05) is 6.07 Å². The maximum atomic E-state index is 14.8. The van der Waals surface area contributed by atoms with Crippen LogP contribution in [0, 0.1) is 12.7 Å². The van der Waals surface area contributed by atoms with E-state index in [0.717, 1.165) is 11.6 Å². The fourth-order valence-electron chi connectivity index (χ4n) is 3.48. The number of alkyl halides is 3. The third kappa shape index (κ3) is 4.23. The van der Waals surface area contributed by atoms with Crippen LogP contribution in [-0.2, 0) is 20.3 Å². The van der Waals surface area contributed by atoms with Crippen LogP contribution >= 0.6 is 0 Å². The van der Waals surface area contributed by atoms with Crippen LogP contribution in [0.5, 0.6) is 0 Å². The van der Waals surface area contributed by atoms with Crippen LogP contribution < -0.4 is 5.32 Å². The minimum absolute atomic E-state index is 0.0276. The zero-order chi connectivity index (χ0) is 23.9. The molecule has 4 rings (SSSR count). The summed E-state index contributed by atoms with van der Waals surface area (Å²) >= 11 is 0. The van der Waals surface area contributed by atoms with Crippen LogP contribution in [-0.4, -0.2) is 25.2 Å². The lowest BCUT2D eigenvalue weighted by Gasteiger charge is -2.15. The van der Waals surface area contributed by atoms with Crippen LogP contribution in [0.2, 0.25) is 0 Å². The van der Waals surface area contributed by atoms with Crippen molar-refractivity contribution in [2.24, 2.45) is 14.1 Å². The molecule has 0 aliphatic carbocycles. The monoisotopic (exact) mass is 457 g/mol. The summed E-state index contributed by atoms with van der Waals surface area (Å²) in [4.78, 5) is 17.5. The maximum Gasteiger partial charge on any atom is 0.417 e. The molecule has 6 nitrogen and oxygen atoms in total. The predicted molar refractivity (Wildman–Crippen MR) is 115 cm³/mol. The van der Waals surface area contributed by atoms with Crippen molar-refractivity contribution in [1.29, 1.82) is 0 Å². The van der Waals surface area contributed by atoms with E-state index in [1.54, 1.807) is 49.9 Å². The lowest BCUT2D eigenvalue weighted by atomic mass is 9.99. The van der Waals surface area contributed by atoms with Gasteiger partial charge in [-0.3, -0.25) is 9.48 Å². The number of hydrogen-bond donors (Lipinski definition) is 1. The Bertz CT molecular complexity index is 1340. The van der Waals surface area contributed by atoms with Crippen molar-refractivity contribution >= 4 is 11.7 Å². The molecule has 2 aromatic heterocycles. The van der Waals surface area contributed by atoms with Gasteiger partial charge in [-0.25, -0.2) is 9.37 Å². The zero-order valence-electron chi connectivity index (χ0n) is 17.9. The first kappa shape index (κ1) is 22.3. The molecule has 2 heterocycles. The molecule has 0 radical (unpaired) electrons. The van der Waals surface area contributed by atoms with Crippen LogP contribution in [0.25, 0.3) is 22.5 Å². The number of anilines is 1. The minimum atomic E-state index is -4.83. The number of nitrogens with one attached hydrogen (secondary N) is 1. The van der Waals surface area contributed by atoms with E-state index in [-0.39, 0.29) is 11.3 Å². The van der Waals surface area contributed by atoms with Gasteiger partial charge in [-0.15, -0.1) is 0 Å². The number of hydrogen-bond acceptors (Lipinski definition) is 3. The Labute approximate surface area is 186 Å². The van der Waals surface area contributed by atoms with E-state index in [2.05, 4.69) is 15.4 Å². The van der Waals surface area contributed by atoms with E-state index in [0.29, 0.717) is 23.4 Å². The fourth-order valence-corrected chi connectivity index (χ4v) is 3.48. The Hall–Kier alpha value is -3.95. The summed E-state index contributed by atoms with van der Waals surface area (Å²) < 4.78 is 58.4. The average molecular weight is 457 g/mol. The summed E-state index contributed by atoms with van der Waals surface area (Å²) in [5.41, 5.74) is -0.989. The number of aryl methyl sites for hydroxylation is 2. The van der Waals surface area contributed by atoms with Crippen molar-refractivity contribution in [3.05, 3.63) is 77.5 Å². The first-order chi connectivity index (χ1) is 15.6. The number of carbonyl (C=O) groups excluding carboxylic acids is 1. The molecule has 0 unspecified atom stereocenters. The number of benzene rings is 2. The molecule has 10 heteroatoms. The lowest BCUT2D eigenvalue weighted by molar-refractivity contribution is -0.137. The third-order valence-electron chi connectivity index (χ3n) is 5.24. The highest BCUT2D eigenvalue weighted by Gasteiger charge is 2.36. The van der Waals surface area contributed by atoms with E-state index < -0.39 is 29.0 Å². The molecule has 170 valence electrons. The van der Waals surface area contributed by atoms with Crippen molar-refractivity contribution in [3.63, 3.8) is 0 Å². The molecule has 2 aromatic carbocycles. The fraction of sp³-hybridized carbons (Fsp3) is 0.174. The molecule has 0 aliphatic heterocycles. The van der Waals surface area contributed by atoms with Crippen molar-refractivity contribution < 1.29 is 22.4 Å². The molecule has 4 aromatic rings. The third-order valence-corrected chi connectivity index (χ3v) is 5.24. The molecule has 0 atom stereocenters. The number of nitrogens with zero attached hydrogens (tertiary/aromatic N) is 4. The molecule has 1 amide bonds. The average Bonchev–Trinajstić information content (AvgIpc) is 3.32. The van der Waals surface area contributed by atoms with Crippen LogP contribution in [0.3, 0.4) is 0 Å². The number of halogens is 4. The Morgan fingerprint density at radius 1 is 1.06 bits per heavy atom. The molecule has 0 aliphatic rings. The van der Waals surface area contributed by atoms with Crippen molar-refractivity contribution in [2.75, 3.05) is 5.32 Å². The summed E-state index contributed by atoms with van der Waals surface area (Å²) in [5, 5.41) is 6.60. The lowest BCUT2D eigenvalue weighted by Crippen LogP contribution is -2.18. The van der Waals surface area contributed by atoms with E-state index in [9.17, 15) is 22.4 Å². The van der Waals surface area contributed by atoms with Gasteiger partial charge in [0.25, 0.3) is 5.91 Å². The minimum Gasteiger partial charge on any atom is -0.318 e. The van der Waals surface area contributed by atoms with Crippen LogP contribution in [0.1, 0.15) is 21.7 Å². The van der Waals surface area contributed by atoms with Crippen LogP contribution in [0.4, 0.5) is 23.4 Å². The highest BCUT2D eigenvalue weighted by atomic mass is 19.4. The van der Waals surface area contributed by atoms with Gasteiger partial charge in [0.1, 0.15) is 23.2 Å². The summed E-state index contributed by atoms with van der Waals surface area (Å²) in [6.45, 7) is 1.74. The second kappa shape index (κ2) is 8.19.